The zero-order valence-electron chi connectivity index (χ0n) is 11.3. The molecule has 2 heteroatoms. The van der Waals surface area contributed by atoms with Gasteiger partial charge in [-0.2, -0.15) is 0 Å². The maximum Gasteiger partial charge on any atom is 0.0715 e. The maximum absolute atomic E-state index is 4.61. The second-order valence-electron chi connectivity index (χ2n) is 5.06. The van der Waals surface area contributed by atoms with E-state index in [2.05, 4.69) is 94.3 Å². The van der Waals surface area contributed by atoms with Gasteiger partial charge in [-0.25, -0.2) is 0 Å². The zero-order valence-corrected chi connectivity index (χ0v) is 13.4. The normalized spacial score (nSPS) is 11.1. The fourth-order valence-electron chi connectivity index (χ4n) is 2.75. The first-order chi connectivity index (χ1) is 10.3. The predicted octanol–water partition coefficient (Wildman–Crippen LogP) is 5.66. The molecule has 0 aliphatic heterocycles. The van der Waals surface area contributed by atoms with Gasteiger partial charge < -0.3 is 0 Å². The van der Waals surface area contributed by atoms with Gasteiger partial charge in [0.15, 0.2) is 0 Å². The minimum Gasteiger partial charge on any atom is -0.255 e. The molecule has 0 amide bonds. The second kappa shape index (κ2) is 5.11. The van der Waals surface area contributed by atoms with Gasteiger partial charge in [-0.3, -0.25) is 4.98 Å². The Morgan fingerprint density at radius 2 is 1.43 bits per heavy atom. The van der Waals surface area contributed by atoms with Gasteiger partial charge in [0.2, 0.25) is 0 Å². The number of fused-ring (bicyclic) bond motifs is 2. The topological polar surface area (TPSA) is 12.9 Å². The Morgan fingerprint density at radius 3 is 2.19 bits per heavy atom. The number of benzene rings is 3. The van der Waals surface area contributed by atoms with Crippen LogP contribution in [-0.2, 0) is 0 Å². The molecule has 0 spiro atoms. The highest BCUT2D eigenvalue weighted by Crippen LogP contribution is 2.34. The summed E-state index contributed by atoms with van der Waals surface area (Å²) in [6.45, 7) is 0. The van der Waals surface area contributed by atoms with Crippen LogP contribution in [0.25, 0.3) is 32.8 Å². The summed E-state index contributed by atoms with van der Waals surface area (Å²) in [7, 11) is 0. The van der Waals surface area contributed by atoms with Crippen molar-refractivity contribution in [2.75, 3.05) is 0 Å². The number of rotatable bonds is 1. The molecule has 0 bridgehead atoms. The number of halogens is 1. The quantitative estimate of drug-likeness (QED) is 0.306. The predicted molar refractivity (Wildman–Crippen MR) is 97.4 cm³/mol. The van der Waals surface area contributed by atoms with E-state index in [-0.39, 0.29) is 0 Å². The third-order valence-corrected chi connectivity index (χ3v) is 4.57. The van der Waals surface area contributed by atoms with Crippen molar-refractivity contribution in [1.82, 2.24) is 4.98 Å². The first-order valence-corrected chi connectivity index (χ1v) is 7.93. The zero-order chi connectivity index (χ0) is 14.2. The van der Waals surface area contributed by atoms with Crippen LogP contribution < -0.4 is 0 Å². The average molecular weight is 381 g/mol. The molecule has 1 nitrogen and oxygen atoms in total. The lowest BCUT2D eigenvalue weighted by molar-refractivity contribution is 1.39. The lowest BCUT2D eigenvalue weighted by Crippen LogP contribution is -1.89. The molecule has 1 aromatic heterocycles. The fraction of sp³-hybridized carbons (Fsp3) is 0. The van der Waals surface area contributed by atoms with Gasteiger partial charge in [-0.15, -0.1) is 0 Å². The number of hydrogen-bond donors (Lipinski definition) is 0. The molecule has 0 aliphatic carbocycles. The summed E-state index contributed by atoms with van der Waals surface area (Å²) in [6, 6.07) is 23.4. The third kappa shape index (κ3) is 2.20. The molecule has 0 saturated heterocycles. The molecule has 4 rings (SSSR count). The van der Waals surface area contributed by atoms with Gasteiger partial charge >= 0.3 is 0 Å². The van der Waals surface area contributed by atoms with E-state index in [1.807, 2.05) is 6.20 Å². The summed E-state index contributed by atoms with van der Waals surface area (Å²) >= 11 is 2.37. The van der Waals surface area contributed by atoms with Crippen LogP contribution in [-0.4, -0.2) is 4.98 Å². The molecular formula is C19H12IN. The molecule has 0 unspecified atom stereocenters. The van der Waals surface area contributed by atoms with E-state index in [9.17, 15) is 0 Å². The van der Waals surface area contributed by atoms with Crippen molar-refractivity contribution in [1.29, 1.82) is 0 Å². The van der Waals surface area contributed by atoms with Crippen molar-refractivity contribution < 1.29 is 0 Å². The highest BCUT2D eigenvalue weighted by Gasteiger charge is 2.10. The Bertz CT molecular complexity index is 945. The summed E-state index contributed by atoms with van der Waals surface area (Å²) in [5, 5.41) is 3.70. The summed E-state index contributed by atoms with van der Waals surface area (Å²) < 4.78 is 1.18. The Morgan fingerprint density at radius 1 is 0.762 bits per heavy atom. The van der Waals surface area contributed by atoms with E-state index in [0.717, 1.165) is 5.52 Å². The maximum atomic E-state index is 4.61. The molecule has 0 N–H and O–H groups in total. The van der Waals surface area contributed by atoms with Gasteiger partial charge in [0.25, 0.3) is 0 Å². The molecule has 3 aromatic carbocycles. The Labute approximate surface area is 136 Å². The number of nitrogens with zero attached hydrogens (tertiary/aromatic N) is 1. The number of aromatic nitrogens is 1. The SMILES string of the molecule is Ic1cnc2cc3ccccc3cc2c1-c1ccccc1. The average Bonchev–Trinajstić information content (AvgIpc) is 2.54. The van der Waals surface area contributed by atoms with Gasteiger partial charge in [0.05, 0.1) is 5.52 Å². The van der Waals surface area contributed by atoms with Crippen LogP contribution in [0.4, 0.5) is 0 Å². The van der Waals surface area contributed by atoms with E-state index in [0.29, 0.717) is 0 Å². The van der Waals surface area contributed by atoms with Crippen molar-refractivity contribution in [3.05, 3.63) is 76.5 Å². The van der Waals surface area contributed by atoms with Crippen LogP contribution >= 0.6 is 22.6 Å². The molecule has 0 radical (unpaired) electrons. The van der Waals surface area contributed by atoms with Crippen molar-refractivity contribution in [2.24, 2.45) is 0 Å². The summed E-state index contributed by atoms with van der Waals surface area (Å²) in [5.41, 5.74) is 3.56. The fourth-order valence-corrected chi connectivity index (χ4v) is 3.49. The molecule has 100 valence electrons. The monoisotopic (exact) mass is 381 g/mol. The summed E-state index contributed by atoms with van der Waals surface area (Å²) in [6.07, 6.45) is 1.96. The standard InChI is InChI=1S/C19H12IN/c20-17-12-21-18-11-15-9-5-4-8-14(15)10-16(18)19(17)13-6-2-1-3-7-13/h1-12H. The van der Waals surface area contributed by atoms with E-state index < -0.39 is 0 Å². The molecule has 21 heavy (non-hydrogen) atoms. The molecule has 0 atom stereocenters. The molecule has 0 fully saturated rings. The summed E-state index contributed by atoms with van der Waals surface area (Å²) in [4.78, 5) is 4.61. The van der Waals surface area contributed by atoms with Gasteiger partial charge in [-0.05, 0) is 51.1 Å². The van der Waals surface area contributed by atoms with Crippen LogP contribution in [0, 0.1) is 3.57 Å². The minimum atomic E-state index is 1.05. The molecular weight excluding hydrogens is 369 g/mol. The van der Waals surface area contributed by atoms with E-state index in [4.69, 9.17) is 0 Å². The van der Waals surface area contributed by atoms with Crippen molar-refractivity contribution in [3.63, 3.8) is 0 Å². The third-order valence-electron chi connectivity index (χ3n) is 3.75. The summed E-state index contributed by atoms with van der Waals surface area (Å²) in [5.74, 6) is 0. The first kappa shape index (κ1) is 12.8. The highest BCUT2D eigenvalue weighted by molar-refractivity contribution is 14.1. The van der Waals surface area contributed by atoms with Gasteiger partial charge in [0.1, 0.15) is 0 Å². The molecule has 4 aromatic rings. The van der Waals surface area contributed by atoms with Crippen LogP contribution in [0.2, 0.25) is 0 Å². The lowest BCUT2D eigenvalue weighted by Gasteiger charge is -2.10. The van der Waals surface area contributed by atoms with Crippen LogP contribution in [0.15, 0.2) is 72.9 Å². The second-order valence-corrected chi connectivity index (χ2v) is 6.23. The smallest absolute Gasteiger partial charge is 0.0715 e. The molecule has 1 heterocycles. The molecule has 0 aliphatic rings. The van der Waals surface area contributed by atoms with Crippen LogP contribution in [0.1, 0.15) is 0 Å². The van der Waals surface area contributed by atoms with Crippen molar-refractivity contribution in [2.45, 2.75) is 0 Å². The number of hydrogen-bond acceptors (Lipinski definition) is 1. The Balaban J connectivity index is 2.14. The van der Waals surface area contributed by atoms with E-state index >= 15 is 0 Å². The Hall–Kier alpha value is -1.94. The minimum absolute atomic E-state index is 1.05. The number of pyridine rings is 1. The van der Waals surface area contributed by atoms with Crippen molar-refractivity contribution >= 4 is 44.3 Å². The van der Waals surface area contributed by atoms with Crippen LogP contribution in [0.5, 0.6) is 0 Å². The van der Waals surface area contributed by atoms with E-state index in [1.165, 1.54) is 30.9 Å². The molecule has 0 saturated carbocycles. The van der Waals surface area contributed by atoms with Gasteiger partial charge in [-0.1, -0.05) is 54.6 Å². The Kier molecular flexibility index (Phi) is 3.11. The lowest BCUT2D eigenvalue weighted by atomic mass is 9.99. The largest absolute Gasteiger partial charge is 0.255 e. The van der Waals surface area contributed by atoms with Crippen LogP contribution in [0.3, 0.4) is 0 Å². The van der Waals surface area contributed by atoms with E-state index in [1.54, 1.807) is 0 Å². The van der Waals surface area contributed by atoms with Crippen molar-refractivity contribution in [3.8, 4) is 11.1 Å². The van der Waals surface area contributed by atoms with Gasteiger partial charge in [0, 0.05) is 20.7 Å². The highest BCUT2D eigenvalue weighted by atomic mass is 127. The first-order valence-electron chi connectivity index (χ1n) is 6.85.